The van der Waals surface area contributed by atoms with Crippen LogP contribution in [0.1, 0.15) is 18.1 Å². The van der Waals surface area contributed by atoms with Crippen molar-refractivity contribution >= 4 is 15.7 Å². The molecule has 1 amide bonds. The number of hydrogen-bond acceptors (Lipinski definition) is 6. The molecule has 0 saturated heterocycles. The molecule has 1 aromatic heterocycles. The van der Waals surface area contributed by atoms with E-state index in [0.717, 1.165) is 6.26 Å². The summed E-state index contributed by atoms with van der Waals surface area (Å²) < 4.78 is 22.0. The Morgan fingerprint density at radius 2 is 2.16 bits per heavy atom. The molecular weight excluding hydrogens is 270 g/mol. The van der Waals surface area contributed by atoms with Crippen molar-refractivity contribution in [3.8, 4) is 0 Å². The van der Waals surface area contributed by atoms with Crippen molar-refractivity contribution < 1.29 is 13.2 Å². The van der Waals surface area contributed by atoms with Crippen molar-refractivity contribution in [2.24, 2.45) is 5.73 Å². The number of nitrogens with two attached hydrogens (primary N) is 1. The SMILES string of the molecule is Cc1nc(CN(C)C(=O)C(N)CCS(C)(=O)=O)n[nH]1. The fraction of sp³-hybridized carbons (Fsp3) is 0.700. The van der Waals surface area contributed by atoms with Crippen LogP contribution in [0.5, 0.6) is 0 Å². The summed E-state index contributed by atoms with van der Waals surface area (Å²) in [6, 6.07) is -0.834. The van der Waals surface area contributed by atoms with Crippen molar-refractivity contribution in [3.63, 3.8) is 0 Å². The zero-order chi connectivity index (χ0) is 14.6. The van der Waals surface area contributed by atoms with Gasteiger partial charge in [-0.25, -0.2) is 13.4 Å². The molecule has 1 atom stereocenters. The van der Waals surface area contributed by atoms with E-state index in [1.807, 2.05) is 0 Å². The number of carbonyl (C=O) groups excluding carboxylic acids is 1. The third kappa shape index (κ3) is 5.35. The first-order valence-electron chi connectivity index (χ1n) is 5.75. The van der Waals surface area contributed by atoms with Crippen molar-refractivity contribution in [1.82, 2.24) is 20.1 Å². The molecule has 0 spiro atoms. The highest BCUT2D eigenvalue weighted by molar-refractivity contribution is 7.90. The van der Waals surface area contributed by atoms with Crippen LogP contribution >= 0.6 is 0 Å². The van der Waals surface area contributed by atoms with Gasteiger partial charge >= 0.3 is 0 Å². The van der Waals surface area contributed by atoms with Gasteiger partial charge in [0.2, 0.25) is 5.91 Å². The summed E-state index contributed by atoms with van der Waals surface area (Å²) in [5, 5.41) is 6.59. The topological polar surface area (TPSA) is 122 Å². The first kappa shape index (κ1) is 15.6. The zero-order valence-corrected chi connectivity index (χ0v) is 12.1. The molecule has 3 N–H and O–H groups in total. The Labute approximate surface area is 112 Å². The molecule has 0 bridgehead atoms. The lowest BCUT2D eigenvalue weighted by Gasteiger charge is -2.19. The number of nitrogens with zero attached hydrogens (tertiary/aromatic N) is 3. The highest BCUT2D eigenvalue weighted by Gasteiger charge is 2.20. The van der Waals surface area contributed by atoms with Gasteiger partial charge < -0.3 is 10.6 Å². The molecule has 0 radical (unpaired) electrons. The fourth-order valence-corrected chi connectivity index (χ4v) is 2.18. The predicted molar refractivity (Wildman–Crippen MR) is 69.9 cm³/mol. The molecule has 1 unspecified atom stereocenters. The van der Waals surface area contributed by atoms with E-state index in [0.29, 0.717) is 11.6 Å². The number of aromatic nitrogens is 3. The molecule has 0 saturated carbocycles. The predicted octanol–water partition coefficient (Wildman–Crippen LogP) is -1.17. The summed E-state index contributed by atoms with van der Waals surface area (Å²) >= 11 is 0. The Balaban J connectivity index is 2.52. The molecule has 1 rings (SSSR count). The molecule has 0 aliphatic rings. The van der Waals surface area contributed by atoms with Gasteiger partial charge in [-0.2, -0.15) is 5.10 Å². The first-order chi connectivity index (χ1) is 8.69. The Morgan fingerprint density at radius 3 is 2.63 bits per heavy atom. The van der Waals surface area contributed by atoms with E-state index in [2.05, 4.69) is 15.2 Å². The third-order valence-electron chi connectivity index (χ3n) is 2.52. The van der Waals surface area contributed by atoms with Gasteiger partial charge in [0.1, 0.15) is 15.7 Å². The maximum absolute atomic E-state index is 11.9. The van der Waals surface area contributed by atoms with Gasteiger partial charge in [0.25, 0.3) is 0 Å². The second-order valence-corrected chi connectivity index (χ2v) is 6.82. The van der Waals surface area contributed by atoms with Gasteiger partial charge in [0.05, 0.1) is 18.3 Å². The maximum Gasteiger partial charge on any atom is 0.239 e. The van der Waals surface area contributed by atoms with Crippen molar-refractivity contribution in [3.05, 3.63) is 11.6 Å². The van der Waals surface area contributed by atoms with Gasteiger partial charge in [-0.15, -0.1) is 0 Å². The van der Waals surface area contributed by atoms with Crippen molar-refractivity contribution in [2.45, 2.75) is 25.9 Å². The summed E-state index contributed by atoms with van der Waals surface area (Å²) in [6.07, 6.45) is 1.22. The van der Waals surface area contributed by atoms with Crippen LogP contribution in [-0.2, 0) is 21.2 Å². The number of rotatable bonds is 6. The minimum Gasteiger partial charge on any atom is -0.337 e. The molecule has 0 aliphatic carbocycles. The number of sulfone groups is 1. The second-order valence-electron chi connectivity index (χ2n) is 4.56. The quantitative estimate of drug-likeness (QED) is 0.680. The number of likely N-dealkylation sites (N-methyl/N-ethyl adjacent to an activating group) is 1. The van der Waals surface area contributed by atoms with Crippen LogP contribution < -0.4 is 5.73 Å². The number of hydrogen-bond donors (Lipinski definition) is 2. The van der Waals surface area contributed by atoms with Crippen molar-refractivity contribution in [2.75, 3.05) is 19.1 Å². The number of amides is 1. The van der Waals surface area contributed by atoms with Crippen LogP contribution in [0.25, 0.3) is 0 Å². The Bertz CT molecular complexity index is 539. The van der Waals surface area contributed by atoms with Gasteiger partial charge in [-0.3, -0.25) is 9.89 Å². The molecule has 8 nitrogen and oxygen atoms in total. The fourth-order valence-electron chi connectivity index (χ4n) is 1.50. The smallest absolute Gasteiger partial charge is 0.239 e. The Kier molecular flexibility index (Phi) is 5.01. The second kappa shape index (κ2) is 6.11. The molecule has 0 fully saturated rings. The molecule has 108 valence electrons. The van der Waals surface area contributed by atoms with Crippen molar-refractivity contribution in [1.29, 1.82) is 0 Å². The molecule has 9 heteroatoms. The summed E-state index contributed by atoms with van der Waals surface area (Å²) in [7, 11) is -1.54. The largest absolute Gasteiger partial charge is 0.337 e. The zero-order valence-electron chi connectivity index (χ0n) is 11.3. The summed E-state index contributed by atoms with van der Waals surface area (Å²) in [5.41, 5.74) is 5.68. The van der Waals surface area contributed by atoms with Crippen LogP contribution in [-0.4, -0.2) is 59.5 Å². The molecule has 1 aromatic rings. The molecule has 1 heterocycles. The van der Waals surface area contributed by atoms with Gasteiger partial charge in [0, 0.05) is 13.3 Å². The maximum atomic E-state index is 11.9. The normalized spacial score (nSPS) is 13.3. The number of aromatic amines is 1. The number of aryl methyl sites for hydroxylation is 1. The van der Waals surface area contributed by atoms with E-state index in [1.54, 1.807) is 14.0 Å². The van der Waals surface area contributed by atoms with Crippen LogP contribution in [0.2, 0.25) is 0 Å². The lowest BCUT2D eigenvalue weighted by molar-refractivity contribution is -0.131. The van der Waals surface area contributed by atoms with E-state index in [-0.39, 0.29) is 24.6 Å². The van der Waals surface area contributed by atoms with E-state index in [1.165, 1.54) is 4.90 Å². The van der Waals surface area contributed by atoms with Crippen LogP contribution in [0.4, 0.5) is 0 Å². The summed E-state index contributed by atoms with van der Waals surface area (Å²) in [5.74, 6) is 0.722. The molecule has 19 heavy (non-hydrogen) atoms. The number of nitrogens with one attached hydrogen (secondary N) is 1. The van der Waals surface area contributed by atoms with Crippen LogP contribution in [0.15, 0.2) is 0 Å². The third-order valence-corrected chi connectivity index (χ3v) is 3.49. The van der Waals surface area contributed by atoms with E-state index < -0.39 is 15.9 Å². The monoisotopic (exact) mass is 289 g/mol. The molecular formula is C10H19N5O3S. The summed E-state index contributed by atoms with van der Waals surface area (Å²) in [4.78, 5) is 17.4. The van der Waals surface area contributed by atoms with Gasteiger partial charge in [0.15, 0.2) is 5.82 Å². The molecule has 0 aromatic carbocycles. The van der Waals surface area contributed by atoms with E-state index in [4.69, 9.17) is 5.73 Å². The lowest BCUT2D eigenvalue weighted by Crippen LogP contribution is -2.42. The lowest BCUT2D eigenvalue weighted by atomic mass is 10.2. The van der Waals surface area contributed by atoms with E-state index >= 15 is 0 Å². The number of H-pyrrole nitrogens is 1. The van der Waals surface area contributed by atoms with Gasteiger partial charge in [-0.1, -0.05) is 0 Å². The van der Waals surface area contributed by atoms with E-state index in [9.17, 15) is 13.2 Å². The highest BCUT2D eigenvalue weighted by atomic mass is 32.2. The van der Waals surface area contributed by atoms with Crippen LogP contribution in [0.3, 0.4) is 0 Å². The van der Waals surface area contributed by atoms with Gasteiger partial charge in [-0.05, 0) is 13.3 Å². The average Bonchev–Trinajstić information content (AvgIpc) is 2.69. The van der Waals surface area contributed by atoms with Crippen LogP contribution in [0, 0.1) is 6.92 Å². The Morgan fingerprint density at radius 1 is 1.53 bits per heavy atom. The Hall–Kier alpha value is -1.48. The summed E-state index contributed by atoms with van der Waals surface area (Å²) in [6.45, 7) is 1.99. The first-order valence-corrected chi connectivity index (χ1v) is 7.81. The molecule has 0 aliphatic heterocycles. The number of carbonyl (C=O) groups is 1. The highest BCUT2D eigenvalue weighted by Crippen LogP contribution is 2.02. The minimum absolute atomic E-state index is 0.104. The minimum atomic E-state index is -3.11. The average molecular weight is 289 g/mol. The standard InChI is InChI=1S/C10H19N5O3S/c1-7-12-9(14-13-7)6-15(2)10(16)8(11)4-5-19(3,17)18/h8H,4-6,11H2,1-3H3,(H,12,13,14).